The molecule has 2 N–H and O–H groups in total. The van der Waals surface area contributed by atoms with Crippen molar-refractivity contribution in [1.29, 1.82) is 0 Å². The Labute approximate surface area is 87.3 Å². The molecular formula is C13H21N. The molecule has 0 spiro atoms. The molecule has 1 rings (SSSR count). The maximum Gasteiger partial charge on any atom is 0.0138 e. The van der Waals surface area contributed by atoms with E-state index in [1.807, 2.05) is 0 Å². The minimum atomic E-state index is -0.111. The summed E-state index contributed by atoms with van der Waals surface area (Å²) in [6, 6.07) is 6.66. The molecule has 1 heteroatoms. The fourth-order valence-corrected chi connectivity index (χ4v) is 1.74. The zero-order valence-corrected chi connectivity index (χ0v) is 9.72. The molecule has 0 unspecified atom stereocenters. The predicted molar refractivity (Wildman–Crippen MR) is 62.5 cm³/mol. The van der Waals surface area contributed by atoms with E-state index in [1.165, 1.54) is 16.7 Å². The molecule has 0 aliphatic carbocycles. The molecule has 1 aromatic rings. The zero-order valence-electron chi connectivity index (χ0n) is 9.72. The molecule has 0 bridgehead atoms. The van der Waals surface area contributed by atoms with Gasteiger partial charge in [0.05, 0.1) is 0 Å². The van der Waals surface area contributed by atoms with Gasteiger partial charge in [-0.25, -0.2) is 0 Å². The van der Waals surface area contributed by atoms with Crippen LogP contribution in [0.15, 0.2) is 18.2 Å². The lowest BCUT2D eigenvalue weighted by Gasteiger charge is -2.19. The molecule has 14 heavy (non-hydrogen) atoms. The van der Waals surface area contributed by atoms with Crippen LogP contribution >= 0.6 is 0 Å². The zero-order chi connectivity index (χ0) is 10.8. The molecule has 1 nitrogen and oxygen atoms in total. The van der Waals surface area contributed by atoms with E-state index >= 15 is 0 Å². The van der Waals surface area contributed by atoms with Crippen molar-refractivity contribution < 1.29 is 0 Å². The van der Waals surface area contributed by atoms with Crippen LogP contribution in [0.4, 0.5) is 0 Å². The molecule has 0 amide bonds. The van der Waals surface area contributed by atoms with E-state index in [-0.39, 0.29) is 5.54 Å². The maximum absolute atomic E-state index is 6.00. The first kappa shape index (κ1) is 11.3. The summed E-state index contributed by atoms with van der Waals surface area (Å²) in [5.74, 6) is 0. The van der Waals surface area contributed by atoms with Gasteiger partial charge in [-0.3, -0.25) is 0 Å². The summed E-state index contributed by atoms with van der Waals surface area (Å²) in [6.07, 6.45) is 2.05. The Morgan fingerprint density at radius 3 is 2.43 bits per heavy atom. The normalized spacial score (nSPS) is 11.8. The number of nitrogens with two attached hydrogens (primary N) is 1. The fourth-order valence-electron chi connectivity index (χ4n) is 1.74. The van der Waals surface area contributed by atoms with Gasteiger partial charge in [0.25, 0.3) is 0 Å². The highest BCUT2D eigenvalue weighted by Gasteiger charge is 2.11. The highest BCUT2D eigenvalue weighted by Crippen LogP contribution is 2.15. The van der Waals surface area contributed by atoms with Crippen LogP contribution < -0.4 is 5.73 Å². The molecule has 78 valence electrons. The molecule has 0 atom stereocenters. The predicted octanol–water partition coefficient (Wildman–Crippen LogP) is 2.84. The van der Waals surface area contributed by atoms with E-state index < -0.39 is 0 Å². The van der Waals surface area contributed by atoms with Crippen molar-refractivity contribution in [3.05, 3.63) is 34.9 Å². The van der Waals surface area contributed by atoms with Gasteiger partial charge in [0, 0.05) is 5.54 Å². The summed E-state index contributed by atoms with van der Waals surface area (Å²) in [4.78, 5) is 0. The van der Waals surface area contributed by atoms with Crippen LogP contribution in [-0.4, -0.2) is 5.54 Å². The van der Waals surface area contributed by atoms with Crippen molar-refractivity contribution in [3.63, 3.8) is 0 Å². The van der Waals surface area contributed by atoms with E-state index in [0.29, 0.717) is 0 Å². The summed E-state index contributed by atoms with van der Waals surface area (Å²) in [6.45, 7) is 8.49. The first-order valence-corrected chi connectivity index (χ1v) is 5.29. The Morgan fingerprint density at radius 2 is 1.93 bits per heavy atom. The van der Waals surface area contributed by atoms with Crippen molar-refractivity contribution in [2.45, 2.75) is 46.1 Å². The van der Waals surface area contributed by atoms with Gasteiger partial charge >= 0.3 is 0 Å². The molecule has 0 saturated carbocycles. The molecule has 1 aromatic carbocycles. The topological polar surface area (TPSA) is 26.0 Å². The monoisotopic (exact) mass is 191 g/mol. The Morgan fingerprint density at radius 1 is 1.29 bits per heavy atom. The highest BCUT2D eigenvalue weighted by molar-refractivity contribution is 5.31. The summed E-state index contributed by atoms with van der Waals surface area (Å²) in [5, 5.41) is 0. The number of hydrogen-bond donors (Lipinski definition) is 1. The van der Waals surface area contributed by atoms with Crippen molar-refractivity contribution in [2.75, 3.05) is 0 Å². The van der Waals surface area contributed by atoms with Gasteiger partial charge in [-0.2, -0.15) is 0 Å². The lowest BCUT2D eigenvalue weighted by molar-refractivity contribution is 0.516. The Hall–Kier alpha value is -0.820. The second-order valence-corrected chi connectivity index (χ2v) is 4.78. The minimum Gasteiger partial charge on any atom is -0.325 e. The lowest BCUT2D eigenvalue weighted by atomic mass is 9.93. The molecule has 0 radical (unpaired) electrons. The SMILES string of the molecule is CCc1cc(CC(C)(C)N)ccc1C. The summed E-state index contributed by atoms with van der Waals surface area (Å²) in [7, 11) is 0. The van der Waals surface area contributed by atoms with E-state index in [2.05, 4.69) is 45.9 Å². The molecule has 0 aliphatic heterocycles. The number of rotatable bonds is 3. The molecule has 0 aromatic heterocycles. The van der Waals surface area contributed by atoms with Crippen LogP contribution in [-0.2, 0) is 12.8 Å². The standard InChI is InChI=1S/C13H21N/c1-5-12-8-11(7-6-10(12)2)9-13(3,4)14/h6-8H,5,9,14H2,1-4H3. The maximum atomic E-state index is 6.00. The van der Waals surface area contributed by atoms with Gasteiger partial charge in [-0.15, -0.1) is 0 Å². The van der Waals surface area contributed by atoms with Gasteiger partial charge < -0.3 is 5.73 Å². The average molecular weight is 191 g/mol. The second-order valence-electron chi connectivity index (χ2n) is 4.78. The van der Waals surface area contributed by atoms with Crippen LogP contribution in [0.25, 0.3) is 0 Å². The van der Waals surface area contributed by atoms with Crippen LogP contribution in [0.1, 0.15) is 37.5 Å². The van der Waals surface area contributed by atoms with E-state index in [9.17, 15) is 0 Å². The van der Waals surface area contributed by atoms with Gasteiger partial charge in [-0.05, 0) is 50.3 Å². The molecule has 0 heterocycles. The Balaban J connectivity index is 2.90. The van der Waals surface area contributed by atoms with E-state index in [4.69, 9.17) is 5.73 Å². The molecule has 0 aliphatic rings. The van der Waals surface area contributed by atoms with Gasteiger partial charge in [0.2, 0.25) is 0 Å². The quantitative estimate of drug-likeness (QED) is 0.781. The van der Waals surface area contributed by atoms with Crippen molar-refractivity contribution in [1.82, 2.24) is 0 Å². The third-order valence-electron chi connectivity index (χ3n) is 2.45. The number of hydrogen-bond acceptors (Lipinski definition) is 1. The van der Waals surface area contributed by atoms with Crippen molar-refractivity contribution in [2.24, 2.45) is 5.73 Å². The van der Waals surface area contributed by atoms with Crippen LogP contribution in [0.2, 0.25) is 0 Å². The Kier molecular flexibility index (Phi) is 3.33. The largest absolute Gasteiger partial charge is 0.325 e. The summed E-state index contributed by atoms with van der Waals surface area (Å²) in [5.41, 5.74) is 10.1. The molecular weight excluding hydrogens is 170 g/mol. The van der Waals surface area contributed by atoms with Crippen molar-refractivity contribution >= 4 is 0 Å². The van der Waals surface area contributed by atoms with Crippen LogP contribution in [0.5, 0.6) is 0 Å². The molecule has 0 fully saturated rings. The van der Waals surface area contributed by atoms with Crippen LogP contribution in [0.3, 0.4) is 0 Å². The third kappa shape index (κ3) is 3.15. The number of aryl methyl sites for hydroxylation is 2. The average Bonchev–Trinajstić information content (AvgIpc) is 2.06. The third-order valence-corrected chi connectivity index (χ3v) is 2.45. The lowest BCUT2D eigenvalue weighted by Crippen LogP contribution is -2.34. The van der Waals surface area contributed by atoms with E-state index in [0.717, 1.165) is 12.8 Å². The fraction of sp³-hybridized carbons (Fsp3) is 0.538. The smallest absolute Gasteiger partial charge is 0.0138 e. The van der Waals surface area contributed by atoms with Gasteiger partial charge in [-0.1, -0.05) is 25.1 Å². The minimum absolute atomic E-state index is 0.111. The first-order chi connectivity index (χ1) is 6.42. The van der Waals surface area contributed by atoms with E-state index in [1.54, 1.807) is 0 Å². The van der Waals surface area contributed by atoms with Crippen molar-refractivity contribution in [3.8, 4) is 0 Å². The van der Waals surface area contributed by atoms with Gasteiger partial charge in [0.1, 0.15) is 0 Å². The van der Waals surface area contributed by atoms with Gasteiger partial charge in [0.15, 0.2) is 0 Å². The highest BCUT2D eigenvalue weighted by atomic mass is 14.7. The summed E-state index contributed by atoms with van der Waals surface area (Å²) < 4.78 is 0. The second kappa shape index (κ2) is 4.14. The Bertz CT molecular complexity index is 308. The summed E-state index contributed by atoms with van der Waals surface area (Å²) >= 11 is 0. The first-order valence-electron chi connectivity index (χ1n) is 5.29. The molecule has 0 saturated heterocycles. The number of benzene rings is 1. The van der Waals surface area contributed by atoms with Crippen LogP contribution in [0, 0.1) is 6.92 Å².